The van der Waals surface area contributed by atoms with Crippen LogP contribution >= 0.6 is 0 Å². The zero-order chi connectivity index (χ0) is 17.9. The number of carbonyl (C=O) groups excluding carboxylic acids is 3. The van der Waals surface area contributed by atoms with Gasteiger partial charge in [-0.1, -0.05) is 20.8 Å². The Bertz CT molecular complexity index is 393. The fourth-order valence-electron chi connectivity index (χ4n) is 2.36. The van der Waals surface area contributed by atoms with Crippen LogP contribution in [0.5, 0.6) is 0 Å². The lowest BCUT2D eigenvalue weighted by Crippen LogP contribution is -2.53. The highest BCUT2D eigenvalue weighted by atomic mass is 16.6. The molecule has 0 aromatic carbocycles. The van der Waals surface area contributed by atoms with Crippen LogP contribution in [0.3, 0.4) is 0 Å². The van der Waals surface area contributed by atoms with Gasteiger partial charge in [-0.25, -0.2) is 0 Å². The third kappa shape index (κ3) is 6.86. The van der Waals surface area contributed by atoms with E-state index in [0.717, 1.165) is 0 Å². The summed E-state index contributed by atoms with van der Waals surface area (Å²) in [6.07, 6.45) is 0.378. The summed E-state index contributed by atoms with van der Waals surface area (Å²) in [7, 11) is 0. The molecule has 0 N–H and O–H groups in total. The van der Waals surface area contributed by atoms with Gasteiger partial charge in [0.15, 0.2) is 18.3 Å². The molecule has 0 aromatic rings. The number of esters is 3. The minimum absolute atomic E-state index is 0.112. The minimum Gasteiger partial charge on any atom is -0.456 e. The zero-order valence-corrected chi connectivity index (χ0v) is 14.7. The van der Waals surface area contributed by atoms with Crippen molar-refractivity contribution in [3.8, 4) is 0 Å². The number of ether oxygens (including phenoxy) is 4. The van der Waals surface area contributed by atoms with Gasteiger partial charge in [0.1, 0.15) is 0 Å². The van der Waals surface area contributed by atoms with Crippen LogP contribution in [0.1, 0.15) is 59.3 Å². The molecule has 1 saturated heterocycles. The van der Waals surface area contributed by atoms with Gasteiger partial charge in [-0.3, -0.25) is 14.4 Å². The van der Waals surface area contributed by atoms with Gasteiger partial charge in [0.2, 0.25) is 0 Å². The second kappa shape index (κ2) is 11.0. The number of hydrogen-bond acceptors (Lipinski definition) is 7. The summed E-state index contributed by atoms with van der Waals surface area (Å²) in [6, 6.07) is 0. The van der Waals surface area contributed by atoms with Crippen molar-refractivity contribution in [2.24, 2.45) is 0 Å². The fourth-order valence-corrected chi connectivity index (χ4v) is 2.36. The highest BCUT2D eigenvalue weighted by molar-refractivity contribution is 5.71. The van der Waals surface area contributed by atoms with E-state index in [1.165, 1.54) is 0 Å². The zero-order valence-electron chi connectivity index (χ0n) is 14.7. The third-order valence-corrected chi connectivity index (χ3v) is 3.49. The average molecular weight is 344 g/mol. The summed E-state index contributed by atoms with van der Waals surface area (Å²) < 4.78 is 21.5. The molecule has 1 heterocycles. The molecule has 0 saturated carbocycles. The quantitative estimate of drug-likeness (QED) is 0.468. The van der Waals surface area contributed by atoms with Crippen molar-refractivity contribution < 1.29 is 33.3 Å². The van der Waals surface area contributed by atoms with E-state index in [1.807, 2.05) is 20.8 Å². The van der Waals surface area contributed by atoms with Crippen LogP contribution < -0.4 is 0 Å². The van der Waals surface area contributed by atoms with Gasteiger partial charge < -0.3 is 18.9 Å². The lowest BCUT2D eigenvalue weighted by Gasteiger charge is -2.36. The van der Waals surface area contributed by atoms with Crippen LogP contribution in [0.2, 0.25) is 0 Å². The van der Waals surface area contributed by atoms with E-state index >= 15 is 0 Å². The molecule has 3 atom stereocenters. The summed E-state index contributed by atoms with van der Waals surface area (Å²) in [4.78, 5) is 35.4. The smallest absolute Gasteiger partial charge is 0.306 e. The van der Waals surface area contributed by atoms with Crippen molar-refractivity contribution >= 4 is 17.9 Å². The SMILES string of the molecule is CCCC(=O)OC1[C@@H](OC(=O)CCC)COC[C@H]1OC(=O)CCC. The third-order valence-electron chi connectivity index (χ3n) is 3.49. The minimum atomic E-state index is -0.834. The van der Waals surface area contributed by atoms with Crippen molar-refractivity contribution in [1.82, 2.24) is 0 Å². The van der Waals surface area contributed by atoms with Gasteiger partial charge in [0, 0.05) is 19.3 Å². The molecule has 0 radical (unpaired) electrons. The average Bonchev–Trinajstić information content (AvgIpc) is 2.51. The molecule has 0 spiro atoms. The Kier molecular flexibility index (Phi) is 9.37. The molecule has 1 fully saturated rings. The molecule has 7 nitrogen and oxygen atoms in total. The molecule has 7 heteroatoms. The maximum Gasteiger partial charge on any atom is 0.306 e. The van der Waals surface area contributed by atoms with Gasteiger partial charge in [0.25, 0.3) is 0 Å². The second-order valence-corrected chi connectivity index (χ2v) is 5.80. The largest absolute Gasteiger partial charge is 0.456 e. The van der Waals surface area contributed by atoms with E-state index in [1.54, 1.807) is 0 Å². The van der Waals surface area contributed by atoms with E-state index in [2.05, 4.69) is 0 Å². The van der Waals surface area contributed by atoms with Crippen LogP contribution in [0.25, 0.3) is 0 Å². The standard InChI is InChI=1S/C17H28O7/c1-4-7-14(18)22-12-10-21-11-13(23-15(19)8-5-2)17(12)24-16(20)9-6-3/h12-13,17H,4-11H2,1-3H3/t12-,13+,17?. The van der Waals surface area contributed by atoms with Crippen LogP contribution in [0, 0.1) is 0 Å². The summed E-state index contributed by atoms with van der Waals surface area (Å²) >= 11 is 0. The van der Waals surface area contributed by atoms with E-state index in [0.29, 0.717) is 19.3 Å². The van der Waals surface area contributed by atoms with E-state index in [-0.39, 0.29) is 44.4 Å². The fraction of sp³-hybridized carbons (Fsp3) is 0.824. The molecular formula is C17H28O7. The van der Waals surface area contributed by atoms with Gasteiger partial charge in [-0.2, -0.15) is 0 Å². The summed E-state index contributed by atoms with van der Waals surface area (Å²) in [5.74, 6) is -1.18. The Balaban J connectivity index is 2.80. The van der Waals surface area contributed by atoms with Crippen molar-refractivity contribution in [3.63, 3.8) is 0 Å². The van der Waals surface area contributed by atoms with Crippen molar-refractivity contribution in [2.75, 3.05) is 13.2 Å². The Labute approximate surface area is 143 Å². The Morgan fingerprint density at radius 2 is 1.12 bits per heavy atom. The number of carbonyl (C=O) groups is 3. The first-order valence-electron chi connectivity index (χ1n) is 8.67. The first-order chi connectivity index (χ1) is 11.5. The first kappa shape index (κ1) is 20.4. The molecule has 0 amide bonds. The summed E-state index contributed by atoms with van der Waals surface area (Å²) in [5.41, 5.74) is 0. The molecule has 0 bridgehead atoms. The first-order valence-corrected chi connectivity index (χ1v) is 8.67. The van der Waals surface area contributed by atoms with Crippen molar-refractivity contribution in [2.45, 2.75) is 77.6 Å². The molecule has 0 aliphatic carbocycles. The van der Waals surface area contributed by atoms with Gasteiger partial charge in [-0.05, 0) is 19.3 Å². The van der Waals surface area contributed by atoms with Crippen molar-refractivity contribution in [3.05, 3.63) is 0 Å². The van der Waals surface area contributed by atoms with Crippen LogP contribution in [0.15, 0.2) is 0 Å². The molecule has 1 unspecified atom stereocenters. The normalized spacial score (nSPS) is 23.4. The van der Waals surface area contributed by atoms with Gasteiger partial charge in [-0.15, -0.1) is 0 Å². The predicted octanol–water partition coefficient (Wildman–Crippen LogP) is 2.15. The molecule has 1 aliphatic heterocycles. The Morgan fingerprint density at radius 3 is 1.50 bits per heavy atom. The molecule has 24 heavy (non-hydrogen) atoms. The number of rotatable bonds is 9. The molecule has 1 aliphatic rings. The van der Waals surface area contributed by atoms with E-state index < -0.39 is 24.3 Å². The monoisotopic (exact) mass is 344 g/mol. The second-order valence-electron chi connectivity index (χ2n) is 5.80. The highest BCUT2D eigenvalue weighted by Gasteiger charge is 2.41. The molecule has 1 rings (SSSR count). The molecule has 138 valence electrons. The maximum absolute atomic E-state index is 11.9. The lowest BCUT2D eigenvalue weighted by atomic mass is 10.1. The van der Waals surface area contributed by atoms with Gasteiger partial charge in [0.05, 0.1) is 13.2 Å². The van der Waals surface area contributed by atoms with Crippen LogP contribution in [-0.4, -0.2) is 49.4 Å². The Morgan fingerprint density at radius 1 is 0.750 bits per heavy atom. The summed E-state index contributed by atoms with van der Waals surface area (Å²) in [5, 5.41) is 0. The molecular weight excluding hydrogens is 316 g/mol. The highest BCUT2D eigenvalue weighted by Crippen LogP contribution is 2.21. The van der Waals surface area contributed by atoms with Gasteiger partial charge >= 0.3 is 17.9 Å². The van der Waals surface area contributed by atoms with Crippen LogP contribution in [0.4, 0.5) is 0 Å². The van der Waals surface area contributed by atoms with Crippen molar-refractivity contribution in [1.29, 1.82) is 0 Å². The number of hydrogen-bond donors (Lipinski definition) is 0. The van der Waals surface area contributed by atoms with E-state index in [9.17, 15) is 14.4 Å². The maximum atomic E-state index is 11.9. The predicted molar refractivity (Wildman–Crippen MR) is 85.2 cm³/mol. The molecule has 0 aromatic heterocycles. The Hall–Kier alpha value is -1.63. The van der Waals surface area contributed by atoms with Crippen LogP contribution in [-0.2, 0) is 33.3 Å². The summed E-state index contributed by atoms with van der Waals surface area (Å²) in [6.45, 7) is 5.82. The van der Waals surface area contributed by atoms with E-state index in [4.69, 9.17) is 18.9 Å². The topological polar surface area (TPSA) is 88.1 Å². The lowest BCUT2D eigenvalue weighted by molar-refractivity contribution is -0.211.